The van der Waals surface area contributed by atoms with E-state index in [1.807, 2.05) is 6.07 Å². The zero-order valence-corrected chi connectivity index (χ0v) is 13.9. The second-order valence-corrected chi connectivity index (χ2v) is 7.25. The minimum absolute atomic E-state index is 0.0418. The summed E-state index contributed by atoms with van der Waals surface area (Å²) in [6.07, 6.45) is 4.83. The summed E-state index contributed by atoms with van der Waals surface area (Å²) in [6.45, 7) is 6.93. The van der Waals surface area contributed by atoms with Gasteiger partial charge < -0.3 is 9.67 Å². The van der Waals surface area contributed by atoms with E-state index in [-0.39, 0.29) is 23.6 Å². The Morgan fingerprint density at radius 2 is 2.00 bits per heavy atom. The molecule has 0 fully saturated rings. The molecule has 4 heteroatoms. The molecular formula is C18H27NO3. The summed E-state index contributed by atoms with van der Waals surface area (Å²) >= 11 is 0. The number of ketones is 2. The van der Waals surface area contributed by atoms with Crippen molar-refractivity contribution in [3.8, 4) is 0 Å². The van der Waals surface area contributed by atoms with E-state index in [1.165, 1.54) is 5.69 Å². The summed E-state index contributed by atoms with van der Waals surface area (Å²) in [5, 5.41) is 8.70. The van der Waals surface area contributed by atoms with Gasteiger partial charge in [0.05, 0.1) is 0 Å². The Balaban J connectivity index is 1.98. The number of nitrogens with zero attached hydrogens (tertiary/aromatic N) is 1. The predicted molar refractivity (Wildman–Crippen MR) is 86.2 cm³/mol. The molecule has 0 amide bonds. The van der Waals surface area contributed by atoms with Gasteiger partial charge in [0.15, 0.2) is 11.6 Å². The summed E-state index contributed by atoms with van der Waals surface area (Å²) in [4.78, 5) is 23.3. The molecule has 0 radical (unpaired) electrons. The van der Waals surface area contributed by atoms with E-state index in [4.69, 9.17) is 5.11 Å². The SMILES string of the molecule is Cc1cc2c(n1CCCCCC(=O)CO)CC(C)(C)CC2=O. The number of fused-ring (bicyclic) bond motifs is 1. The normalized spacial score (nSPS) is 16.6. The van der Waals surface area contributed by atoms with Crippen LogP contribution in [0, 0.1) is 12.3 Å². The molecule has 1 aromatic heterocycles. The van der Waals surface area contributed by atoms with Crippen LogP contribution in [-0.4, -0.2) is 27.8 Å². The van der Waals surface area contributed by atoms with Crippen LogP contribution in [0.15, 0.2) is 6.07 Å². The Hall–Kier alpha value is -1.42. The number of hydrogen-bond donors (Lipinski definition) is 1. The van der Waals surface area contributed by atoms with E-state index >= 15 is 0 Å². The third kappa shape index (κ3) is 3.86. The van der Waals surface area contributed by atoms with E-state index in [0.717, 1.165) is 43.5 Å². The number of carbonyl (C=O) groups is 2. The number of aliphatic hydroxyl groups excluding tert-OH is 1. The lowest BCUT2D eigenvalue weighted by Crippen LogP contribution is -2.28. The van der Waals surface area contributed by atoms with E-state index in [9.17, 15) is 9.59 Å². The number of aryl methyl sites for hydroxylation is 1. The van der Waals surface area contributed by atoms with Crippen molar-refractivity contribution in [2.45, 2.75) is 65.8 Å². The molecule has 0 aliphatic heterocycles. The molecule has 0 saturated carbocycles. The first-order valence-corrected chi connectivity index (χ1v) is 8.19. The van der Waals surface area contributed by atoms with Gasteiger partial charge in [0, 0.05) is 36.3 Å². The number of Topliss-reactive ketones (excluding diaryl/α,β-unsaturated/α-hetero) is 2. The maximum atomic E-state index is 12.3. The molecule has 1 heterocycles. The van der Waals surface area contributed by atoms with E-state index in [2.05, 4.69) is 25.3 Å². The third-order valence-corrected chi connectivity index (χ3v) is 4.51. The second kappa shape index (κ2) is 6.78. The second-order valence-electron chi connectivity index (χ2n) is 7.25. The summed E-state index contributed by atoms with van der Waals surface area (Å²) in [6, 6.07) is 2.03. The minimum atomic E-state index is -0.346. The number of unbranched alkanes of at least 4 members (excludes halogenated alkanes) is 2. The molecule has 2 rings (SSSR count). The van der Waals surface area contributed by atoms with Crippen molar-refractivity contribution in [3.05, 3.63) is 23.0 Å². The van der Waals surface area contributed by atoms with Gasteiger partial charge in [-0.15, -0.1) is 0 Å². The summed E-state index contributed by atoms with van der Waals surface area (Å²) in [5.41, 5.74) is 3.29. The Morgan fingerprint density at radius 1 is 1.27 bits per heavy atom. The highest BCUT2D eigenvalue weighted by atomic mass is 16.3. The number of carbonyl (C=O) groups excluding carboxylic acids is 2. The highest BCUT2D eigenvalue weighted by Gasteiger charge is 2.33. The lowest BCUT2D eigenvalue weighted by molar-refractivity contribution is -0.121. The molecule has 0 unspecified atom stereocenters. The van der Waals surface area contributed by atoms with Gasteiger partial charge in [-0.1, -0.05) is 20.3 Å². The monoisotopic (exact) mass is 305 g/mol. The fourth-order valence-electron chi connectivity index (χ4n) is 3.37. The zero-order valence-electron chi connectivity index (χ0n) is 13.9. The summed E-state index contributed by atoms with van der Waals surface area (Å²) in [5.74, 6) is 0.184. The van der Waals surface area contributed by atoms with Gasteiger partial charge in [0.25, 0.3) is 0 Å². The molecule has 22 heavy (non-hydrogen) atoms. The molecular weight excluding hydrogens is 278 g/mol. The van der Waals surface area contributed by atoms with Crippen molar-refractivity contribution in [2.24, 2.45) is 5.41 Å². The number of aliphatic hydroxyl groups is 1. The number of aromatic nitrogens is 1. The molecule has 4 nitrogen and oxygen atoms in total. The van der Waals surface area contributed by atoms with Crippen LogP contribution in [0.4, 0.5) is 0 Å². The summed E-state index contributed by atoms with van der Waals surface area (Å²) in [7, 11) is 0. The highest BCUT2D eigenvalue weighted by molar-refractivity contribution is 5.99. The van der Waals surface area contributed by atoms with Gasteiger partial charge in [0.1, 0.15) is 6.61 Å². The van der Waals surface area contributed by atoms with Crippen LogP contribution in [0.2, 0.25) is 0 Å². The van der Waals surface area contributed by atoms with Crippen LogP contribution in [0.25, 0.3) is 0 Å². The maximum Gasteiger partial charge on any atom is 0.165 e. The van der Waals surface area contributed by atoms with Crippen molar-refractivity contribution >= 4 is 11.6 Å². The van der Waals surface area contributed by atoms with E-state index < -0.39 is 0 Å². The summed E-state index contributed by atoms with van der Waals surface area (Å²) < 4.78 is 2.28. The van der Waals surface area contributed by atoms with Gasteiger partial charge in [0.2, 0.25) is 0 Å². The Labute approximate surface area is 132 Å². The van der Waals surface area contributed by atoms with Crippen molar-refractivity contribution < 1.29 is 14.7 Å². The van der Waals surface area contributed by atoms with Crippen LogP contribution in [0.5, 0.6) is 0 Å². The lowest BCUT2D eigenvalue weighted by atomic mass is 9.76. The first kappa shape index (κ1) is 16.9. The molecule has 1 aliphatic carbocycles. The van der Waals surface area contributed by atoms with Gasteiger partial charge in [-0.3, -0.25) is 9.59 Å². The van der Waals surface area contributed by atoms with Crippen molar-refractivity contribution in [1.82, 2.24) is 4.57 Å². The molecule has 122 valence electrons. The van der Waals surface area contributed by atoms with Gasteiger partial charge in [-0.2, -0.15) is 0 Å². The number of rotatable bonds is 7. The Bertz CT molecular complexity index is 569. The van der Waals surface area contributed by atoms with Crippen molar-refractivity contribution in [1.29, 1.82) is 0 Å². The maximum absolute atomic E-state index is 12.3. The standard InChI is InChI=1S/C18H27NO3/c1-13-9-15-16(10-18(2,3)11-17(15)22)19(13)8-6-4-5-7-14(21)12-20/h9,20H,4-8,10-12H2,1-3H3. The molecule has 0 bridgehead atoms. The quantitative estimate of drug-likeness (QED) is 0.788. The topological polar surface area (TPSA) is 59.3 Å². The lowest BCUT2D eigenvalue weighted by Gasteiger charge is -2.30. The first-order chi connectivity index (χ1) is 10.3. The van der Waals surface area contributed by atoms with Crippen molar-refractivity contribution in [3.63, 3.8) is 0 Å². The molecule has 1 N–H and O–H groups in total. The molecule has 1 aliphatic rings. The van der Waals surface area contributed by atoms with Crippen LogP contribution < -0.4 is 0 Å². The number of hydrogen-bond acceptors (Lipinski definition) is 3. The van der Waals surface area contributed by atoms with Gasteiger partial charge in [-0.05, 0) is 37.7 Å². The molecule has 0 spiro atoms. The van der Waals surface area contributed by atoms with Crippen LogP contribution >= 0.6 is 0 Å². The molecule has 0 atom stereocenters. The largest absolute Gasteiger partial charge is 0.389 e. The van der Waals surface area contributed by atoms with Gasteiger partial charge in [-0.25, -0.2) is 0 Å². The minimum Gasteiger partial charge on any atom is -0.389 e. The van der Waals surface area contributed by atoms with E-state index in [0.29, 0.717) is 12.8 Å². The molecule has 0 aromatic carbocycles. The van der Waals surface area contributed by atoms with Crippen molar-refractivity contribution in [2.75, 3.05) is 6.61 Å². The highest BCUT2D eigenvalue weighted by Crippen LogP contribution is 2.36. The Morgan fingerprint density at radius 3 is 2.68 bits per heavy atom. The zero-order chi connectivity index (χ0) is 16.3. The predicted octanol–water partition coefficient (Wildman–Crippen LogP) is 3.07. The first-order valence-electron chi connectivity index (χ1n) is 8.19. The molecule has 1 aromatic rings. The average Bonchev–Trinajstić information content (AvgIpc) is 2.74. The van der Waals surface area contributed by atoms with E-state index in [1.54, 1.807) is 0 Å². The fourth-order valence-corrected chi connectivity index (χ4v) is 3.37. The van der Waals surface area contributed by atoms with Crippen LogP contribution in [0.3, 0.4) is 0 Å². The van der Waals surface area contributed by atoms with Crippen LogP contribution in [0.1, 0.15) is 67.7 Å². The fraction of sp³-hybridized carbons (Fsp3) is 0.667. The third-order valence-electron chi connectivity index (χ3n) is 4.51. The smallest absolute Gasteiger partial charge is 0.165 e. The van der Waals surface area contributed by atoms with Crippen LogP contribution in [-0.2, 0) is 17.8 Å². The van der Waals surface area contributed by atoms with Gasteiger partial charge >= 0.3 is 0 Å². The molecule has 0 saturated heterocycles. The Kier molecular flexibility index (Phi) is 5.22. The average molecular weight is 305 g/mol.